The van der Waals surface area contributed by atoms with Crippen LogP contribution < -0.4 is 15.1 Å². The zero-order valence-electron chi connectivity index (χ0n) is 19.5. The molecule has 2 saturated heterocycles. The molecule has 186 valence electrons. The highest BCUT2D eigenvalue weighted by atomic mass is 16.6. The van der Waals surface area contributed by atoms with Gasteiger partial charge in [-0.1, -0.05) is 0 Å². The van der Waals surface area contributed by atoms with E-state index in [0.29, 0.717) is 75.2 Å². The molecule has 2 aromatic rings. The Morgan fingerprint density at radius 2 is 1.57 bits per heavy atom. The molecular weight excluding hydrogens is 456 g/mol. The number of esters is 1. The Labute approximate surface area is 202 Å². The first-order valence-corrected chi connectivity index (χ1v) is 11.5. The molecule has 2 heterocycles. The maximum absolute atomic E-state index is 13.0. The van der Waals surface area contributed by atoms with E-state index in [2.05, 4.69) is 5.32 Å². The van der Waals surface area contributed by atoms with Crippen LogP contribution in [0.15, 0.2) is 36.4 Å². The van der Waals surface area contributed by atoms with Gasteiger partial charge < -0.3 is 29.3 Å². The summed E-state index contributed by atoms with van der Waals surface area (Å²) >= 11 is 0. The van der Waals surface area contributed by atoms with E-state index in [1.807, 2.05) is 9.80 Å². The molecular formula is C24H28N4O7. The van der Waals surface area contributed by atoms with Gasteiger partial charge in [-0.25, -0.2) is 4.79 Å². The van der Waals surface area contributed by atoms with Crippen LogP contribution in [0.2, 0.25) is 0 Å². The number of anilines is 3. The van der Waals surface area contributed by atoms with Gasteiger partial charge in [-0.15, -0.1) is 0 Å². The van der Waals surface area contributed by atoms with Gasteiger partial charge >= 0.3 is 5.97 Å². The number of carbonyl (C=O) groups excluding carboxylic acids is 2. The molecule has 0 aromatic heterocycles. The second-order valence-electron chi connectivity index (χ2n) is 8.07. The normalized spacial score (nSPS) is 16.0. The lowest BCUT2D eigenvalue weighted by Gasteiger charge is -2.30. The summed E-state index contributed by atoms with van der Waals surface area (Å²) in [5.74, 6) is -1.01. The number of hydrogen-bond donors (Lipinski definition) is 1. The molecule has 2 aliphatic rings. The van der Waals surface area contributed by atoms with Crippen molar-refractivity contribution in [3.8, 4) is 0 Å². The molecule has 0 spiro atoms. The SMILES string of the molecule is CCOC(=O)c1cc(NC(=O)c2ccc(N3CCOCC3)c([N+](=O)[O-])c2)ccc1N1CCOCC1. The molecule has 0 bridgehead atoms. The molecule has 11 nitrogen and oxygen atoms in total. The van der Waals surface area contributed by atoms with Crippen molar-refractivity contribution in [3.63, 3.8) is 0 Å². The Morgan fingerprint density at radius 1 is 0.971 bits per heavy atom. The standard InChI is InChI=1S/C24H28N4O7/c1-2-35-24(30)19-16-18(4-6-20(19)26-7-11-33-12-8-26)25-23(29)17-3-5-21(22(15-17)28(31)32)27-9-13-34-14-10-27/h3-6,15-16H,2,7-14H2,1H3,(H,25,29). The van der Waals surface area contributed by atoms with Crippen LogP contribution in [0.4, 0.5) is 22.7 Å². The van der Waals surface area contributed by atoms with Crippen molar-refractivity contribution >= 4 is 34.6 Å². The fraction of sp³-hybridized carbons (Fsp3) is 0.417. The Bertz CT molecular complexity index is 1100. The van der Waals surface area contributed by atoms with Gasteiger partial charge in [0.15, 0.2) is 0 Å². The van der Waals surface area contributed by atoms with Crippen molar-refractivity contribution < 1.29 is 28.7 Å². The number of amides is 1. The minimum atomic E-state index is -0.518. The van der Waals surface area contributed by atoms with Crippen molar-refractivity contribution in [2.24, 2.45) is 0 Å². The summed E-state index contributed by atoms with van der Waals surface area (Å²) in [5.41, 5.74) is 1.87. The summed E-state index contributed by atoms with van der Waals surface area (Å²) in [7, 11) is 0. The third-order valence-electron chi connectivity index (χ3n) is 5.89. The Kier molecular flexibility index (Phi) is 7.78. The fourth-order valence-electron chi connectivity index (χ4n) is 4.15. The first kappa shape index (κ1) is 24.4. The lowest BCUT2D eigenvalue weighted by molar-refractivity contribution is -0.384. The number of ether oxygens (including phenoxy) is 3. The van der Waals surface area contributed by atoms with Crippen molar-refractivity contribution in [1.82, 2.24) is 0 Å². The van der Waals surface area contributed by atoms with Gasteiger partial charge in [-0.2, -0.15) is 0 Å². The summed E-state index contributed by atoms with van der Waals surface area (Å²) in [6.07, 6.45) is 0. The van der Waals surface area contributed by atoms with Gasteiger partial charge in [0.05, 0.1) is 49.2 Å². The van der Waals surface area contributed by atoms with Crippen LogP contribution in [0.25, 0.3) is 0 Å². The van der Waals surface area contributed by atoms with Crippen LogP contribution in [0.5, 0.6) is 0 Å². The van der Waals surface area contributed by atoms with Crippen LogP contribution >= 0.6 is 0 Å². The maximum atomic E-state index is 13.0. The molecule has 0 saturated carbocycles. The lowest BCUT2D eigenvalue weighted by Crippen LogP contribution is -2.37. The second kappa shape index (κ2) is 11.2. The van der Waals surface area contributed by atoms with Gasteiger partial charge in [0.2, 0.25) is 0 Å². The van der Waals surface area contributed by atoms with E-state index < -0.39 is 16.8 Å². The third-order valence-corrected chi connectivity index (χ3v) is 5.89. The molecule has 0 atom stereocenters. The minimum Gasteiger partial charge on any atom is -0.462 e. The highest BCUT2D eigenvalue weighted by Gasteiger charge is 2.24. The van der Waals surface area contributed by atoms with Crippen LogP contribution in [0, 0.1) is 10.1 Å². The number of rotatable bonds is 7. The topological polar surface area (TPSA) is 123 Å². The smallest absolute Gasteiger partial charge is 0.340 e. The first-order chi connectivity index (χ1) is 17.0. The van der Waals surface area contributed by atoms with Gasteiger partial charge in [0, 0.05) is 43.5 Å². The number of nitro groups is 1. The summed E-state index contributed by atoms with van der Waals surface area (Å²) in [5, 5.41) is 14.5. The predicted molar refractivity (Wildman–Crippen MR) is 130 cm³/mol. The highest BCUT2D eigenvalue weighted by Crippen LogP contribution is 2.31. The number of hydrogen-bond acceptors (Lipinski definition) is 9. The molecule has 35 heavy (non-hydrogen) atoms. The third kappa shape index (κ3) is 5.69. The van der Waals surface area contributed by atoms with Crippen LogP contribution in [0.3, 0.4) is 0 Å². The molecule has 2 aromatic carbocycles. The number of nitro benzene ring substituents is 1. The fourth-order valence-corrected chi connectivity index (χ4v) is 4.15. The van der Waals surface area contributed by atoms with E-state index in [1.54, 1.807) is 37.3 Å². The van der Waals surface area contributed by atoms with Crippen LogP contribution in [-0.2, 0) is 14.2 Å². The first-order valence-electron chi connectivity index (χ1n) is 11.5. The molecule has 0 aliphatic carbocycles. The number of morpholine rings is 2. The van der Waals surface area contributed by atoms with E-state index in [4.69, 9.17) is 14.2 Å². The van der Waals surface area contributed by atoms with E-state index in [0.717, 1.165) is 0 Å². The van der Waals surface area contributed by atoms with Crippen molar-refractivity contribution in [2.75, 3.05) is 74.3 Å². The zero-order valence-corrected chi connectivity index (χ0v) is 19.5. The Hall–Kier alpha value is -3.70. The summed E-state index contributed by atoms with van der Waals surface area (Å²) < 4.78 is 15.9. The van der Waals surface area contributed by atoms with Gasteiger partial charge in [-0.05, 0) is 37.3 Å². The van der Waals surface area contributed by atoms with E-state index >= 15 is 0 Å². The van der Waals surface area contributed by atoms with E-state index in [-0.39, 0.29) is 17.9 Å². The molecule has 4 rings (SSSR count). The molecule has 1 amide bonds. The highest BCUT2D eigenvalue weighted by molar-refractivity contribution is 6.06. The van der Waals surface area contributed by atoms with E-state index in [1.165, 1.54) is 6.07 Å². The number of benzene rings is 2. The minimum absolute atomic E-state index is 0.142. The molecule has 0 unspecified atom stereocenters. The van der Waals surface area contributed by atoms with Gasteiger partial charge in [0.1, 0.15) is 5.69 Å². The van der Waals surface area contributed by atoms with Gasteiger partial charge in [0.25, 0.3) is 11.6 Å². The average molecular weight is 485 g/mol. The molecule has 2 fully saturated rings. The lowest BCUT2D eigenvalue weighted by atomic mass is 10.1. The van der Waals surface area contributed by atoms with E-state index in [9.17, 15) is 19.7 Å². The molecule has 0 radical (unpaired) electrons. The quantitative estimate of drug-likeness (QED) is 0.359. The Balaban J connectivity index is 1.58. The molecule has 1 N–H and O–H groups in total. The maximum Gasteiger partial charge on any atom is 0.340 e. The van der Waals surface area contributed by atoms with Crippen molar-refractivity contribution in [2.45, 2.75) is 6.92 Å². The number of nitrogens with one attached hydrogen (secondary N) is 1. The summed E-state index contributed by atoms with van der Waals surface area (Å²) in [4.78, 5) is 40.7. The summed E-state index contributed by atoms with van der Waals surface area (Å²) in [6, 6.07) is 9.44. The monoisotopic (exact) mass is 484 g/mol. The van der Waals surface area contributed by atoms with Gasteiger partial charge in [-0.3, -0.25) is 14.9 Å². The van der Waals surface area contributed by atoms with Crippen LogP contribution in [0.1, 0.15) is 27.6 Å². The Morgan fingerprint density at radius 3 is 2.17 bits per heavy atom. The number of carbonyl (C=O) groups is 2. The number of nitrogens with zero attached hydrogens (tertiary/aromatic N) is 3. The molecule has 11 heteroatoms. The van der Waals surface area contributed by atoms with Crippen molar-refractivity contribution in [1.29, 1.82) is 0 Å². The predicted octanol–water partition coefficient (Wildman–Crippen LogP) is 2.70. The van der Waals surface area contributed by atoms with Crippen LogP contribution in [-0.4, -0.2) is 76.0 Å². The zero-order chi connectivity index (χ0) is 24.8. The molecule has 2 aliphatic heterocycles. The van der Waals surface area contributed by atoms with Crippen molar-refractivity contribution in [3.05, 3.63) is 57.6 Å². The average Bonchev–Trinajstić information content (AvgIpc) is 2.89. The largest absolute Gasteiger partial charge is 0.462 e. The summed E-state index contributed by atoms with van der Waals surface area (Å²) in [6.45, 7) is 6.39. The second-order valence-corrected chi connectivity index (χ2v) is 8.07.